The molecule has 2 heteroatoms. The molecule has 0 aromatic heterocycles. The van der Waals surface area contributed by atoms with Crippen molar-refractivity contribution < 1.29 is 4.74 Å². The molecule has 0 spiro atoms. The van der Waals surface area contributed by atoms with Crippen LogP contribution < -0.4 is 5.32 Å². The van der Waals surface area contributed by atoms with E-state index in [1.54, 1.807) is 0 Å². The van der Waals surface area contributed by atoms with Crippen LogP contribution in [0.15, 0.2) is 0 Å². The lowest BCUT2D eigenvalue weighted by molar-refractivity contribution is 0.142. The van der Waals surface area contributed by atoms with Gasteiger partial charge in [0.15, 0.2) is 0 Å². The van der Waals surface area contributed by atoms with Crippen molar-refractivity contribution in [3.63, 3.8) is 0 Å². The van der Waals surface area contributed by atoms with Crippen LogP contribution in [-0.4, -0.2) is 25.3 Å². The third-order valence-corrected chi connectivity index (χ3v) is 2.50. The highest BCUT2D eigenvalue weighted by Crippen LogP contribution is 2.21. The van der Waals surface area contributed by atoms with E-state index < -0.39 is 0 Å². The summed E-state index contributed by atoms with van der Waals surface area (Å²) in [5, 5.41) is 3.65. The zero-order chi connectivity index (χ0) is 7.52. The average Bonchev–Trinajstić information content (AvgIpc) is 2.77. The molecule has 2 fully saturated rings. The maximum Gasteiger partial charge on any atom is 0.0480 e. The van der Waals surface area contributed by atoms with Crippen LogP contribution >= 0.6 is 0 Å². The van der Waals surface area contributed by atoms with Crippen LogP contribution in [0.5, 0.6) is 0 Å². The molecule has 1 unspecified atom stereocenters. The zero-order valence-electron chi connectivity index (χ0n) is 7.01. The maximum atomic E-state index is 5.39. The Morgan fingerprint density at radius 3 is 2.55 bits per heavy atom. The Labute approximate surface area is 68.3 Å². The third kappa shape index (κ3) is 2.46. The van der Waals surface area contributed by atoms with Crippen LogP contribution in [0.2, 0.25) is 0 Å². The van der Waals surface area contributed by atoms with E-state index in [0.29, 0.717) is 0 Å². The molecule has 0 bridgehead atoms. The average molecular weight is 155 g/mol. The summed E-state index contributed by atoms with van der Waals surface area (Å²) in [4.78, 5) is 0. The molecule has 11 heavy (non-hydrogen) atoms. The van der Waals surface area contributed by atoms with Gasteiger partial charge in [-0.05, 0) is 32.1 Å². The Morgan fingerprint density at radius 2 is 1.73 bits per heavy atom. The molecule has 2 aliphatic rings. The standard InChI is InChI=1S/C9H17NO/c1-2-8(5-7-11-6-1)10-9-3-4-9/h8-10H,1-7H2. The van der Waals surface area contributed by atoms with Gasteiger partial charge in [-0.1, -0.05) is 0 Å². The van der Waals surface area contributed by atoms with E-state index in [1.807, 2.05) is 0 Å². The minimum absolute atomic E-state index is 0.755. The van der Waals surface area contributed by atoms with E-state index in [-0.39, 0.29) is 0 Å². The quantitative estimate of drug-likeness (QED) is 0.649. The normalized spacial score (nSPS) is 33.3. The first-order valence-corrected chi connectivity index (χ1v) is 4.79. The van der Waals surface area contributed by atoms with E-state index in [2.05, 4.69) is 5.32 Å². The largest absolute Gasteiger partial charge is 0.381 e. The van der Waals surface area contributed by atoms with E-state index in [4.69, 9.17) is 4.74 Å². The molecular formula is C9H17NO. The number of ether oxygens (including phenoxy) is 1. The molecule has 0 radical (unpaired) electrons. The van der Waals surface area contributed by atoms with E-state index in [1.165, 1.54) is 32.1 Å². The molecular weight excluding hydrogens is 138 g/mol. The second-order valence-electron chi connectivity index (χ2n) is 3.68. The van der Waals surface area contributed by atoms with Gasteiger partial charge in [0.25, 0.3) is 0 Å². The third-order valence-electron chi connectivity index (χ3n) is 2.50. The highest BCUT2D eigenvalue weighted by Gasteiger charge is 2.24. The molecule has 0 amide bonds. The molecule has 1 aliphatic heterocycles. The summed E-state index contributed by atoms with van der Waals surface area (Å²) in [6, 6.07) is 1.61. The van der Waals surface area contributed by atoms with E-state index in [0.717, 1.165) is 25.3 Å². The predicted molar refractivity (Wildman–Crippen MR) is 44.6 cm³/mol. The number of rotatable bonds is 2. The Morgan fingerprint density at radius 1 is 0.909 bits per heavy atom. The van der Waals surface area contributed by atoms with Crippen molar-refractivity contribution >= 4 is 0 Å². The minimum Gasteiger partial charge on any atom is -0.381 e. The fourth-order valence-corrected chi connectivity index (χ4v) is 1.65. The summed E-state index contributed by atoms with van der Waals surface area (Å²) >= 11 is 0. The van der Waals surface area contributed by atoms with E-state index >= 15 is 0 Å². The first-order valence-electron chi connectivity index (χ1n) is 4.79. The molecule has 64 valence electrons. The van der Waals surface area contributed by atoms with Gasteiger partial charge < -0.3 is 10.1 Å². The van der Waals surface area contributed by atoms with Gasteiger partial charge in [0.1, 0.15) is 0 Å². The second kappa shape index (κ2) is 3.55. The fourth-order valence-electron chi connectivity index (χ4n) is 1.65. The molecule has 2 nitrogen and oxygen atoms in total. The SMILES string of the molecule is C1COCCC(NC2CC2)C1. The summed E-state index contributed by atoms with van der Waals surface area (Å²) in [5.41, 5.74) is 0. The Bertz CT molecular complexity index is 115. The molecule has 1 saturated carbocycles. The van der Waals surface area contributed by atoms with Gasteiger partial charge >= 0.3 is 0 Å². The zero-order valence-corrected chi connectivity index (χ0v) is 7.01. The highest BCUT2D eigenvalue weighted by atomic mass is 16.5. The van der Waals surface area contributed by atoms with Crippen molar-refractivity contribution in [3.8, 4) is 0 Å². The van der Waals surface area contributed by atoms with Crippen molar-refractivity contribution in [2.24, 2.45) is 0 Å². The van der Waals surface area contributed by atoms with Gasteiger partial charge in [-0.3, -0.25) is 0 Å². The summed E-state index contributed by atoms with van der Waals surface area (Å²) in [5.74, 6) is 0. The fraction of sp³-hybridized carbons (Fsp3) is 1.00. The summed E-state index contributed by atoms with van der Waals surface area (Å²) in [6.07, 6.45) is 6.58. The number of hydrogen-bond acceptors (Lipinski definition) is 2. The van der Waals surface area contributed by atoms with Crippen LogP contribution in [0.3, 0.4) is 0 Å². The van der Waals surface area contributed by atoms with Gasteiger partial charge in [0.2, 0.25) is 0 Å². The molecule has 2 rings (SSSR count). The van der Waals surface area contributed by atoms with Crippen molar-refractivity contribution in [1.82, 2.24) is 5.32 Å². The molecule has 1 saturated heterocycles. The summed E-state index contributed by atoms with van der Waals surface area (Å²) in [6.45, 7) is 1.94. The lowest BCUT2D eigenvalue weighted by atomic mass is 10.1. The Balaban J connectivity index is 1.71. The highest BCUT2D eigenvalue weighted by molar-refractivity contribution is 4.85. The van der Waals surface area contributed by atoms with Gasteiger partial charge in [-0.15, -0.1) is 0 Å². The summed E-state index contributed by atoms with van der Waals surface area (Å²) < 4.78 is 5.39. The summed E-state index contributed by atoms with van der Waals surface area (Å²) in [7, 11) is 0. The molecule has 1 atom stereocenters. The van der Waals surface area contributed by atoms with Crippen molar-refractivity contribution in [2.75, 3.05) is 13.2 Å². The van der Waals surface area contributed by atoms with Crippen LogP contribution in [0.4, 0.5) is 0 Å². The molecule has 0 aromatic rings. The smallest absolute Gasteiger partial charge is 0.0480 e. The Hall–Kier alpha value is -0.0800. The van der Waals surface area contributed by atoms with Crippen LogP contribution in [0.25, 0.3) is 0 Å². The van der Waals surface area contributed by atoms with E-state index in [9.17, 15) is 0 Å². The lowest BCUT2D eigenvalue weighted by Gasteiger charge is -2.14. The lowest BCUT2D eigenvalue weighted by Crippen LogP contribution is -2.30. The van der Waals surface area contributed by atoms with Crippen molar-refractivity contribution in [1.29, 1.82) is 0 Å². The Kier molecular flexibility index (Phi) is 2.44. The predicted octanol–water partition coefficient (Wildman–Crippen LogP) is 1.31. The number of nitrogens with one attached hydrogen (secondary N) is 1. The molecule has 1 aliphatic carbocycles. The van der Waals surface area contributed by atoms with Crippen LogP contribution in [0, 0.1) is 0 Å². The van der Waals surface area contributed by atoms with Gasteiger partial charge in [0.05, 0.1) is 0 Å². The first-order chi connectivity index (χ1) is 5.45. The van der Waals surface area contributed by atoms with Gasteiger partial charge in [-0.25, -0.2) is 0 Å². The van der Waals surface area contributed by atoms with Gasteiger partial charge in [-0.2, -0.15) is 0 Å². The molecule has 0 aromatic carbocycles. The van der Waals surface area contributed by atoms with Crippen molar-refractivity contribution in [3.05, 3.63) is 0 Å². The van der Waals surface area contributed by atoms with Crippen molar-refractivity contribution in [2.45, 2.75) is 44.2 Å². The topological polar surface area (TPSA) is 21.3 Å². The van der Waals surface area contributed by atoms with Crippen LogP contribution in [0.1, 0.15) is 32.1 Å². The maximum absolute atomic E-state index is 5.39. The van der Waals surface area contributed by atoms with Crippen LogP contribution in [-0.2, 0) is 4.74 Å². The minimum atomic E-state index is 0.755. The monoisotopic (exact) mass is 155 g/mol. The first kappa shape index (κ1) is 7.56. The second-order valence-corrected chi connectivity index (χ2v) is 3.68. The molecule has 1 heterocycles. The van der Waals surface area contributed by atoms with Gasteiger partial charge in [0, 0.05) is 25.3 Å². The number of hydrogen-bond donors (Lipinski definition) is 1. The molecule has 1 N–H and O–H groups in total.